The molecule has 0 aromatic rings. The Kier molecular flexibility index (Phi) is 3.15. The summed E-state index contributed by atoms with van der Waals surface area (Å²) in [5.74, 6) is 0. The fourth-order valence-corrected chi connectivity index (χ4v) is 0.505. The molecule has 0 atom stereocenters. The van der Waals surface area contributed by atoms with Crippen molar-refractivity contribution >= 4 is 0 Å². The normalized spacial score (nSPS) is 10.3. The lowest BCUT2D eigenvalue weighted by atomic mass is 9.91. The number of hydrogen-bond acceptors (Lipinski definition) is 1. The summed E-state index contributed by atoms with van der Waals surface area (Å²) in [5.41, 5.74) is 1.08. The lowest BCUT2D eigenvalue weighted by Gasteiger charge is -2.11. The SMILES string of the molecule is CC(C)=CCC(C)(C)C#N. The van der Waals surface area contributed by atoms with Gasteiger partial charge in [-0.1, -0.05) is 11.6 Å². The molecule has 0 saturated heterocycles. The monoisotopic (exact) mass is 137 g/mol. The van der Waals surface area contributed by atoms with Gasteiger partial charge in [0.2, 0.25) is 0 Å². The molecule has 0 bridgehead atoms. The largest absolute Gasteiger partial charge is 0.198 e. The Morgan fingerprint density at radius 3 is 2.30 bits per heavy atom. The molecule has 0 rings (SSSR count). The van der Waals surface area contributed by atoms with Crippen molar-refractivity contribution in [3.8, 4) is 6.07 Å². The quantitative estimate of drug-likeness (QED) is 0.537. The predicted octanol–water partition coefficient (Wildman–Crippen LogP) is 2.89. The van der Waals surface area contributed by atoms with Crippen molar-refractivity contribution in [1.29, 1.82) is 5.26 Å². The molecule has 0 N–H and O–H groups in total. The first kappa shape index (κ1) is 9.23. The first-order chi connectivity index (χ1) is 4.48. The van der Waals surface area contributed by atoms with E-state index in [0.717, 1.165) is 6.42 Å². The number of rotatable bonds is 2. The van der Waals surface area contributed by atoms with E-state index in [2.05, 4.69) is 12.1 Å². The third kappa shape index (κ3) is 4.14. The van der Waals surface area contributed by atoms with E-state index in [9.17, 15) is 0 Å². The smallest absolute Gasteiger partial charge is 0.0687 e. The highest BCUT2D eigenvalue weighted by molar-refractivity contribution is 5.02. The molecule has 0 unspecified atom stereocenters. The van der Waals surface area contributed by atoms with Crippen LogP contribution in [0, 0.1) is 16.7 Å². The van der Waals surface area contributed by atoms with Gasteiger partial charge in [-0.05, 0) is 34.1 Å². The van der Waals surface area contributed by atoms with Crippen molar-refractivity contribution < 1.29 is 0 Å². The van der Waals surface area contributed by atoms with Gasteiger partial charge in [0.1, 0.15) is 0 Å². The van der Waals surface area contributed by atoms with Gasteiger partial charge in [0.15, 0.2) is 0 Å². The van der Waals surface area contributed by atoms with Crippen molar-refractivity contribution in [3.05, 3.63) is 11.6 Å². The van der Waals surface area contributed by atoms with Crippen LogP contribution in [-0.2, 0) is 0 Å². The molecule has 56 valence electrons. The summed E-state index contributed by atoms with van der Waals surface area (Å²) in [5, 5.41) is 8.63. The van der Waals surface area contributed by atoms with Gasteiger partial charge in [-0.2, -0.15) is 5.26 Å². The Morgan fingerprint density at radius 2 is 2.00 bits per heavy atom. The summed E-state index contributed by atoms with van der Waals surface area (Å²) in [4.78, 5) is 0. The molecule has 1 heteroatoms. The Bertz CT molecular complexity index is 166. The molecule has 0 aromatic heterocycles. The maximum atomic E-state index is 8.63. The minimum atomic E-state index is -0.197. The van der Waals surface area contributed by atoms with Crippen LogP contribution in [0.3, 0.4) is 0 Å². The van der Waals surface area contributed by atoms with E-state index in [1.54, 1.807) is 0 Å². The van der Waals surface area contributed by atoms with Crippen LogP contribution in [-0.4, -0.2) is 0 Å². The van der Waals surface area contributed by atoms with Crippen molar-refractivity contribution in [3.63, 3.8) is 0 Å². The fourth-order valence-electron chi connectivity index (χ4n) is 0.505. The molecule has 1 nitrogen and oxygen atoms in total. The third-order valence-electron chi connectivity index (χ3n) is 1.32. The molecule has 0 aliphatic heterocycles. The highest BCUT2D eigenvalue weighted by Crippen LogP contribution is 2.19. The maximum Gasteiger partial charge on any atom is 0.0687 e. The zero-order valence-electron chi connectivity index (χ0n) is 7.23. The van der Waals surface area contributed by atoms with Crippen LogP contribution in [0.25, 0.3) is 0 Å². The van der Waals surface area contributed by atoms with Crippen LogP contribution in [0.5, 0.6) is 0 Å². The fraction of sp³-hybridized carbons (Fsp3) is 0.667. The third-order valence-corrected chi connectivity index (χ3v) is 1.32. The van der Waals surface area contributed by atoms with Gasteiger partial charge in [-0.25, -0.2) is 0 Å². The molecule has 0 aliphatic rings. The lowest BCUT2D eigenvalue weighted by molar-refractivity contribution is 0.503. The zero-order valence-corrected chi connectivity index (χ0v) is 7.23. The second-order valence-electron chi connectivity index (χ2n) is 3.48. The molecule has 0 aromatic carbocycles. The molecule has 0 aliphatic carbocycles. The Balaban J connectivity index is 3.94. The lowest BCUT2D eigenvalue weighted by Crippen LogP contribution is -2.05. The molecular weight excluding hydrogens is 122 g/mol. The van der Waals surface area contributed by atoms with Crippen molar-refractivity contribution in [2.24, 2.45) is 5.41 Å². The first-order valence-electron chi connectivity index (χ1n) is 3.52. The number of nitriles is 1. The molecular formula is C9H15N. The van der Waals surface area contributed by atoms with Crippen molar-refractivity contribution in [2.75, 3.05) is 0 Å². The number of nitrogens with zero attached hydrogens (tertiary/aromatic N) is 1. The topological polar surface area (TPSA) is 23.8 Å². The van der Waals surface area contributed by atoms with E-state index in [0.29, 0.717) is 0 Å². The van der Waals surface area contributed by atoms with E-state index < -0.39 is 0 Å². The second-order valence-corrected chi connectivity index (χ2v) is 3.48. The Labute approximate surface area is 63.4 Å². The van der Waals surface area contributed by atoms with Crippen molar-refractivity contribution in [1.82, 2.24) is 0 Å². The predicted molar refractivity (Wildman–Crippen MR) is 43.4 cm³/mol. The molecule has 0 saturated carbocycles. The van der Waals surface area contributed by atoms with Crippen LogP contribution < -0.4 is 0 Å². The highest BCUT2D eigenvalue weighted by Gasteiger charge is 2.13. The van der Waals surface area contributed by atoms with E-state index in [1.165, 1.54) is 5.57 Å². The minimum Gasteiger partial charge on any atom is -0.198 e. The molecule has 0 spiro atoms. The summed E-state index contributed by atoms with van der Waals surface area (Å²) in [7, 11) is 0. The molecule has 0 amide bonds. The van der Waals surface area contributed by atoms with E-state index in [-0.39, 0.29) is 5.41 Å². The second kappa shape index (κ2) is 3.41. The highest BCUT2D eigenvalue weighted by atomic mass is 14.3. The van der Waals surface area contributed by atoms with Crippen LogP contribution >= 0.6 is 0 Å². The number of hydrogen-bond donors (Lipinski definition) is 0. The average molecular weight is 137 g/mol. The van der Waals surface area contributed by atoms with Gasteiger partial charge < -0.3 is 0 Å². The van der Waals surface area contributed by atoms with Gasteiger partial charge in [-0.3, -0.25) is 0 Å². The van der Waals surface area contributed by atoms with E-state index in [4.69, 9.17) is 5.26 Å². The molecule has 0 radical (unpaired) electrons. The first-order valence-corrected chi connectivity index (χ1v) is 3.52. The van der Waals surface area contributed by atoms with Crippen molar-refractivity contribution in [2.45, 2.75) is 34.1 Å². The van der Waals surface area contributed by atoms with Gasteiger partial charge in [0, 0.05) is 0 Å². The summed E-state index contributed by atoms with van der Waals surface area (Å²) < 4.78 is 0. The van der Waals surface area contributed by atoms with Gasteiger partial charge in [0.05, 0.1) is 11.5 Å². The Morgan fingerprint density at radius 1 is 1.50 bits per heavy atom. The molecule has 0 heterocycles. The average Bonchev–Trinajstić information content (AvgIpc) is 1.85. The summed E-state index contributed by atoms with van der Waals surface area (Å²) in [6.45, 7) is 8.00. The van der Waals surface area contributed by atoms with Gasteiger partial charge >= 0.3 is 0 Å². The van der Waals surface area contributed by atoms with E-state index in [1.807, 2.05) is 27.7 Å². The van der Waals surface area contributed by atoms with E-state index >= 15 is 0 Å². The van der Waals surface area contributed by atoms with Gasteiger partial charge in [0.25, 0.3) is 0 Å². The molecule has 0 fully saturated rings. The summed E-state index contributed by atoms with van der Waals surface area (Å²) in [6, 6.07) is 2.25. The van der Waals surface area contributed by atoms with Crippen LogP contribution in [0.4, 0.5) is 0 Å². The van der Waals surface area contributed by atoms with Gasteiger partial charge in [-0.15, -0.1) is 0 Å². The minimum absolute atomic E-state index is 0.197. The maximum absolute atomic E-state index is 8.63. The Hall–Kier alpha value is -0.770. The molecule has 10 heavy (non-hydrogen) atoms. The number of allylic oxidation sites excluding steroid dienone is 2. The summed E-state index contributed by atoms with van der Waals surface area (Å²) in [6.07, 6.45) is 2.95. The summed E-state index contributed by atoms with van der Waals surface area (Å²) >= 11 is 0. The zero-order chi connectivity index (χ0) is 8.20. The van der Waals surface area contributed by atoms with Crippen LogP contribution in [0.2, 0.25) is 0 Å². The van der Waals surface area contributed by atoms with Crippen LogP contribution in [0.1, 0.15) is 34.1 Å². The standard InChI is InChI=1S/C9H15N/c1-8(2)5-6-9(3,4)7-10/h5H,6H2,1-4H3. The van der Waals surface area contributed by atoms with Crippen LogP contribution in [0.15, 0.2) is 11.6 Å².